The van der Waals surface area contributed by atoms with Gasteiger partial charge in [0.2, 0.25) is 0 Å². The molecule has 2 heteroatoms. The van der Waals surface area contributed by atoms with Crippen molar-refractivity contribution in [2.45, 2.75) is 84.3 Å². The predicted octanol–water partition coefficient (Wildman–Crippen LogP) is 3.66. The first-order chi connectivity index (χ1) is 9.11. The van der Waals surface area contributed by atoms with E-state index in [1.807, 2.05) is 0 Å². The highest BCUT2D eigenvalue weighted by Gasteiger charge is 2.33. The molecule has 0 aromatic rings. The van der Waals surface area contributed by atoms with Gasteiger partial charge < -0.3 is 5.32 Å². The van der Waals surface area contributed by atoms with E-state index < -0.39 is 0 Å². The lowest BCUT2D eigenvalue weighted by atomic mass is 9.82. The van der Waals surface area contributed by atoms with Crippen molar-refractivity contribution < 1.29 is 0 Å². The van der Waals surface area contributed by atoms with Gasteiger partial charge in [0.05, 0.1) is 0 Å². The Labute approximate surface area is 120 Å². The Morgan fingerprint density at radius 3 is 2.42 bits per heavy atom. The first-order valence-corrected chi connectivity index (χ1v) is 8.61. The van der Waals surface area contributed by atoms with Crippen LogP contribution in [0.1, 0.15) is 66.2 Å². The number of rotatable bonds is 4. The predicted molar refractivity (Wildman–Crippen MR) is 83.5 cm³/mol. The summed E-state index contributed by atoms with van der Waals surface area (Å²) in [5, 5.41) is 3.72. The Bertz CT molecular complexity index is 256. The van der Waals surface area contributed by atoms with Gasteiger partial charge in [0.15, 0.2) is 0 Å². The van der Waals surface area contributed by atoms with Gasteiger partial charge in [-0.05, 0) is 44.4 Å². The van der Waals surface area contributed by atoms with E-state index in [0.29, 0.717) is 6.04 Å². The topological polar surface area (TPSA) is 15.3 Å². The van der Waals surface area contributed by atoms with E-state index in [9.17, 15) is 0 Å². The summed E-state index contributed by atoms with van der Waals surface area (Å²) in [7, 11) is 0. The molecule has 2 fully saturated rings. The molecule has 0 spiro atoms. The molecule has 0 amide bonds. The van der Waals surface area contributed by atoms with Crippen LogP contribution in [-0.4, -0.2) is 36.1 Å². The summed E-state index contributed by atoms with van der Waals surface area (Å²) < 4.78 is 0. The van der Waals surface area contributed by atoms with Gasteiger partial charge in [-0.25, -0.2) is 0 Å². The standard InChI is InChI=1S/C17H34N2/c1-5-6-15-7-9-16(10-8-15)19-12-17(13(2)3)18-11-14(19)4/h13-18H,5-12H2,1-4H3. The molecule has 2 nitrogen and oxygen atoms in total. The molecular formula is C17H34N2. The maximum Gasteiger partial charge on any atom is 0.0218 e. The molecule has 1 aliphatic heterocycles. The van der Waals surface area contributed by atoms with Gasteiger partial charge in [0.25, 0.3) is 0 Å². The monoisotopic (exact) mass is 266 g/mol. The number of piperazine rings is 1. The van der Waals surface area contributed by atoms with Crippen LogP contribution < -0.4 is 5.32 Å². The molecule has 1 N–H and O–H groups in total. The third kappa shape index (κ3) is 3.95. The van der Waals surface area contributed by atoms with E-state index in [2.05, 4.69) is 37.9 Å². The lowest BCUT2D eigenvalue weighted by molar-refractivity contribution is 0.0505. The van der Waals surface area contributed by atoms with Gasteiger partial charge in [-0.2, -0.15) is 0 Å². The molecule has 0 radical (unpaired) electrons. The van der Waals surface area contributed by atoms with Crippen LogP contribution in [0.25, 0.3) is 0 Å². The van der Waals surface area contributed by atoms with E-state index in [1.165, 1.54) is 51.6 Å². The molecule has 1 saturated carbocycles. The van der Waals surface area contributed by atoms with Gasteiger partial charge in [0.1, 0.15) is 0 Å². The molecule has 2 aliphatic rings. The van der Waals surface area contributed by atoms with E-state index >= 15 is 0 Å². The Balaban J connectivity index is 1.86. The molecule has 0 bridgehead atoms. The van der Waals surface area contributed by atoms with Crippen LogP contribution in [0.5, 0.6) is 0 Å². The van der Waals surface area contributed by atoms with Crippen molar-refractivity contribution in [1.82, 2.24) is 10.2 Å². The second-order valence-electron chi connectivity index (χ2n) is 7.27. The minimum absolute atomic E-state index is 0.699. The van der Waals surface area contributed by atoms with Crippen molar-refractivity contribution >= 4 is 0 Å². The Hall–Kier alpha value is -0.0800. The summed E-state index contributed by atoms with van der Waals surface area (Å²) in [6.45, 7) is 11.9. The zero-order valence-corrected chi connectivity index (χ0v) is 13.5. The SMILES string of the molecule is CCCC1CCC(N2CC(C(C)C)NCC2C)CC1. The molecular weight excluding hydrogens is 232 g/mol. The smallest absolute Gasteiger partial charge is 0.0218 e. The summed E-state index contributed by atoms with van der Waals surface area (Å²) in [5.74, 6) is 1.78. The van der Waals surface area contributed by atoms with Crippen LogP contribution in [0.15, 0.2) is 0 Å². The molecule has 1 saturated heterocycles. The molecule has 112 valence electrons. The van der Waals surface area contributed by atoms with Gasteiger partial charge in [-0.15, -0.1) is 0 Å². The molecule has 2 rings (SSSR count). The number of hydrogen-bond donors (Lipinski definition) is 1. The Kier molecular flexibility index (Phi) is 5.70. The van der Waals surface area contributed by atoms with Gasteiger partial charge in [-0.1, -0.05) is 33.6 Å². The minimum atomic E-state index is 0.699. The fraction of sp³-hybridized carbons (Fsp3) is 1.00. The van der Waals surface area contributed by atoms with Crippen molar-refractivity contribution in [3.8, 4) is 0 Å². The number of hydrogen-bond acceptors (Lipinski definition) is 2. The minimum Gasteiger partial charge on any atom is -0.311 e. The van der Waals surface area contributed by atoms with E-state index in [4.69, 9.17) is 0 Å². The number of nitrogens with zero attached hydrogens (tertiary/aromatic N) is 1. The van der Waals surface area contributed by atoms with Crippen LogP contribution in [0.4, 0.5) is 0 Å². The van der Waals surface area contributed by atoms with Crippen LogP contribution in [-0.2, 0) is 0 Å². The highest BCUT2D eigenvalue weighted by molar-refractivity contribution is 4.91. The third-order valence-electron chi connectivity index (χ3n) is 5.44. The van der Waals surface area contributed by atoms with Gasteiger partial charge in [-0.3, -0.25) is 4.90 Å². The lowest BCUT2D eigenvalue weighted by Crippen LogP contribution is -2.60. The van der Waals surface area contributed by atoms with Crippen LogP contribution in [0, 0.1) is 11.8 Å². The van der Waals surface area contributed by atoms with Crippen LogP contribution in [0.2, 0.25) is 0 Å². The summed E-state index contributed by atoms with van der Waals surface area (Å²) in [5.41, 5.74) is 0. The summed E-state index contributed by atoms with van der Waals surface area (Å²) >= 11 is 0. The Morgan fingerprint density at radius 2 is 1.84 bits per heavy atom. The fourth-order valence-electron chi connectivity index (χ4n) is 4.04. The average Bonchev–Trinajstić information content (AvgIpc) is 2.40. The zero-order valence-electron chi connectivity index (χ0n) is 13.5. The molecule has 2 atom stereocenters. The van der Waals surface area contributed by atoms with E-state index in [0.717, 1.165) is 23.9 Å². The highest BCUT2D eigenvalue weighted by Crippen LogP contribution is 2.32. The largest absolute Gasteiger partial charge is 0.311 e. The second-order valence-corrected chi connectivity index (χ2v) is 7.27. The van der Waals surface area contributed by atoms with Gasteiger partial charge >= 0.3 is 0 Å². The Morgan fingerprint density at radius 1 is 1.16 bits per heavy atom. The summed E-state index contributed by atoms with van der Waals surface area (Å²) in [4.78, 5) is 2.82. The first kappa shape index (κ1) is 15.3. The summed E-state index contributed by atoms with van der Waals surface area (Å²) in [6, 6.07) is 2.29. The van der Waals surface area contributed by atoms with E-state index in [-0.39, 0.29) is 0 Å². The van der Waals surface area contributed by atoms with Crippen molar-refractivity contribution in [1.29, 1.82) is 0 Å². The lowest BCUT2D eigenvalue weighted by Gasteiger charge is -2.46. The third-order valence-corrected chi connectivity index (χ3v) is 5.44. The van der Waals surface area contributed by atoms with E-state index in [1.54, 1.807) is 0 Å². The zero-order chi connectivity index (χ0) is 13.8. The first-order valence-electron chi connectivity index (χ1n) is 8.61. The quantitative estimate of drug-likeness (QED) is 0.835. The van der Waals surface area contributed by atoms with Crippen molar-refractivity contribution in [3.63, 3.8) is 0 Å². The molecule has 0 aromatic carbocycles. The second kappa shape index (κ2) is 7.08. The highest BCUT2D eigenvalue weighted by atomic mass is 15.3. The molecule has 19 heavy (non-hydrogen) atoms. The maximum atomic E-state index is 3.72. The fourth-order valence-corrected chi connectivity index (χ4v) is 4.04. The average molecular weight is 266 g/mol. The van der Waals surface area contributed by atoms with Crippen molar-refractivity contribution in [2.75, 3.05) is 13.1 Å². The summed E-state index contributed by atoms with van der Waals surface area (Å²) in [6.07, 6.45) is 8.66. The molecule has 1 heterocycles. The molecule has 0 aromatic heterocycles. The maximum absolute atomic E-state index is 3.72. The molecule has 1 aliphatic carbocycles. The van der Waals surface area contributed by atoms with Crippen molar-refractivity contribution in [3.05, 3.63) is 0 Å². The normalized spacial score (nSPS) is 37.7. The molecule has 2 unspecified atom stereocenters. The van der Waals surface area contributed by atoms with Crippen LogP contribution in [0.3, 0.4) is 0 Å². The number of nitrogens with one attached hydrogen (secondary N) is 1. The van der Waals surface area contributed by atoms with Crippen molar-refractivity contribution in [2.24, 2.45) is 11.8 Å². The van der Waals surface area contributed by atoms with Crippen LogP contribution >= 0.6 is 0 Å². The van der Waals surface area contributed by atoms with Gasteiger partial charge in [0, 0.05) is 31.2 Å².